The number of nitrogens with one attached hydrogen (secondary N) is 2. The van der Waals surface area contributed by atoms with Gasteiger partial charge in [-0.1, -0.05) is 35.9 Å². The van der Waals surface area contributed by atoms with E-state index in [9.17, 15) is 0 Å². The molecule has 4 aromatic rings. The molecule has 4 rings (SSSR count). The fourth-order valence-electron chi connectivity index (χ4n) is 3.13. The van der Waals surface area contributed by atoms with Crippen molar-refractivity contribution in [3.8, 4) is 22.9 Å². The Morgan fingerprint density at radius 2 is 1.74 bits per heavy atom. The highest BCUT2D eigenvalue weighted by Crippen LogP contribution is 2.29. The lowest BCUT2D eigenvalue weighted by Gasteiger charge is -2.16. The first-order valence-corrected chi connectivity index (χ1v) is 9.18. The van der Waals surface area contributed by atoms with E-state index < -0.39 is 0 Å². The lowest BCUT2D eigenvalue weighted by molar-refractivity contribution is 0.490. The number of benzene rings is 2. The number of hydrogen-bond donors (Lipinski definition) is 3. The van der Waals surface area contributed by atoms with Crippen LogP contribution in [0.1, 0.15) is 31.1 Å². The Hall–Kier alpha value is -2.89. The number of aryl methyl sites for hydroxylation is 1. The number of hydrogen-bond acceptors (Lipinski definition) is 4. The van der Waals surface area contributed by atoms with E-state index in [1.165, 1.54) is 5.56 Å². The van der Waals surface area contributed by atoms with Crippen molar-refractivity contribution in [2.24, 2.45) is 5.73 Å². The Morgan fingerprint density at radius 3 is 2.48 bits per heavy atom. The number of nitrogens with two attached hydrogens (primary N) is 1. The van der Waals surface area contributed by atoms with Gasteiger partial charge in [0.15, 0.2) is 11.6 Å². The minimum Gasteiger partial charge on any atom is -0.453 e. The summed E-state index contributed by atoms with van der Waals surface area (Å²) in [7, 11) is 0. The molecule has 0 aliphatic rings. The second-order valence-corrected chi connectivity index (χ2v) is 7.19. The maximum Gasteiger partial charge on any atom is 0.174 e. The summed E-state index contributed by atoms with van der Waals surface area (Å²) in [4.78, 5) is 8.00. The van der Waals surface area contributed by atoms with Crippen LogP contribution in [0, 0.1) is 6.92 Å². The van der Waals surface area contributed by atoms with Crippen LogP contribution in [0.2, 0.25) is 0 Å². The SMILES string of the molecule is Cc1ccc(-c2ccc(-c3nc4ccc(C(N)NC(C)C)cc4[nH]3)o2)cc1. The molecular formula is C22H24N4O. The van der Waals surface area contributed by atoms with Gasteiger partial charge in [0.2, 0.25) is 0 Å². The normalized spacial score (nSPS) is 12.8. The number of aromatic nitrogens is 2. The molecule has 0 bridgehead atoms. The molecule has 0 aliphatic carbocycles. The van der Waals surface area contributed by atoms with E-state index in [0.717, 1.165) is 27.9 Å². The fourth-order valence-corrected chi connectivity index (χ4v) is 3.13. The summed E-state index contributed by atoms with van der Waals surface area (Å²) in [5.41, 5.74) is 11.3. The number of furan rings is 1. The quantitative estimate of drug-likeness (QED) is 0.449. The van der Waals surface area contributed by atoms with Gasteiger partial charge in [0, 0.05) is 11.6 Å². The minimum atomic E-state index is -0.210. The lowest BCUT2D eigenvalue weighted by atomic mass is 10.1. The molecule has 2 aromatic heterocycles. The maximum absolute atomic E-state index is 6.22. The number of aromatic amines is 1. The third-order valence-corrected chi connectivity index (χ3v) is 4.55. The first-order chi connectivity index (χ1) is 13.0. The molecule has 138 valence electrons. The van der Waals surface area contributed by atoms with E-state index in [4.69, 9.17) is 10.2 Å². The van der Waals surface area contributed by atoms with Crippen molar-refractivity contribution >= 4 is 11.0 Å². The molecule has 1 unspecified atom stereocenters. The van der Waals surface area contributed by atoms with E-state index in [1.807, 2.05) is 30.3 Å². The first-order valence-electron chi connectivity index (χ1n) is 9.18. The summed E-state index contributed by atoms with van der Waals surface area (Å²) >= 11 is 0. The number of imidazole rings is 1. The minimum absolute atomic E-state index is 0.210. The molecule has 4 N–H and O–H groups in total. The number of H-pyrrole nitrogens is 1. The van der Waals surface area contributed by atoms with Crippen LogP contribution in [0.15, 0.2) is 59.0 Å². The summed E-state index contributed by atoms with van der Waals surface area (Å²) in [6, 6.07) is 18.5. The predicted molar refractivity (Wildman–Crippen MR) is 109 cm³/mol. The second-order valence-electron chi connectivity index (χ2n) is 7.19. The molecule has 0 aliphatic heterocycles. The topological polar surface area (TPSA) is 79.9 Å². The third-order valence-electron chi connectivity index (χ3n) is 4.55. The van der Waals surface area contributed by atoms with Crippen LogP contribution in [0.5, 0.6) is 0 Å². The highest BCUT2D eigenvalue weighted by molar-refractivity contribution is 5.79. The molecule has 2 heterocycles. The van der Waals surface area contributed by atoms with Crippen LogP contribution >= 0.6 is 0 Å². The molecule has 5 heteroatoms. The Kier molecular flexibility index (Phi) is 4.56. The highest BCUT2D eigenvalue weighted by Gasteiger charge is 2.13. The number of fused-ring (bicyclic) bond motifs is 1. The lowest BCUT2D eigenvalue weighted by Crippen LogP contribution is -2.33. The van der Waals surface area contributed by atoms with Crippen LogP contribution in [0.3, 0.4) is 0 Å². The average Bonchev–Trinajstić information content (AvgIpc) is 3.28. The van der Waals surface area contributed by atoms with E-state index in [1.54, 1.807) is 0 Å². The predicted octanol–water partition coefficient (Wildman–Crippen LogP) is 4.75. The maximum atomic E-state index is 6.22. The molecule has 0 amide bonds. The van der Waals surface area contributed by atoms with Gasteiger partial charge in [-0.2, -0.15) is 0 Å². The van der Waals surface area contributed by atoms with Crippen LogP contribution in [0.4, 0.5) is 0 Å². The van der Waals surface area contributed by atoms with Crippen molar-refractivity contribution in [3.05, 3.63) is 65.7 Å². The summed E-state index contributed by atoms with van der Waals surface area (Å²) in [6.07, 6.45) is -0.210. The Bertz CT molecular complexity index is 1060. The highest BCUT2D eigenvalue weighted by atomic mass is 16.3. The van der Waals surface area contributed by atoms with E-state index >= 15 is 0 Å². The van der Waals surface area contributed by atoms with Gasteiger partial charge in [-0.15, -0.1) is 0 Å². The fraction of sp³-hybridized carbons (Fsp3) is 0.227. The van der Waals surface area contributed by atoms with E-state index in [0.29, 0.717) is 17.6 Å². The number of rotatable bonds is 5. The van der Waals surface area contributed by atoms with Crippen molar-refractivity contribution < 1.29 is 4.42 Å². The summed E-state index contributed by atoms with van der Waals surface area (Å²) in [5, 5.41) is 3.31. The van der Waals surface area contributed by atoms with Gasteiger partial charge < -0.3 is 15.1 Å². The summed E-state index contributed by atoms with van der Waals surface area (Å²) in [6.45, 7) is 6.23. The standard InChI is InChI=1S/C22H24N4O/c1-13(2)24-21(23)16-8-9-17-18(12-16)26-22(25-17)20-11-10-19(27-20)15-6-4-14(3)5-7-15/h4-13,21,24H,23H2,1-3H3,(H,25,26). The van der Waals surface area contributed by atoms with Crippen LogP contribution in [-0.2, 0) is 0 Å². The van der Waals surface area contributed by atoms with Crippen LogP contribution in [0.25, 0.3) is 33.9 Å². The zero-order valence-electron chi connectivity index (χ0n) is 15.8. The Balaban J connectivity index is 1.63. The van der Waals surface area contributed by atoms with Gasteiger partial charge in [0.05, 0.1) is 17.2 Å². The average molecular weight is 360 g/mol. The molecule has 0 saturated carbocycles. The molecular weight excluding hydrogens is 336 g/mol. The Morgan fingerprint density at radius 1 is 1.00 bits per heavy atom. The summed E-state index contributed by atoms with van der Waals surface area (Å²) in [5.74, 6) is 2.26. The third kappa shape index (κ3) is 3.65. The monoisotopic (exact) mass is 360 g/mol. The molecule has 0 fully saturated rings. The van der Waals surface area contributed by atoms with Crippen molar-refractivity contribution in [1.82, 2.24) is 15.3 Å². The zero-order chi connectivity index (χ0) is 19.0. The molecule has 0 spiro atoms. The largest absolute Gasteiger partial charge is 0.453 e. The molecule has 5 nitrogen and oxygen atoms in total. The van der Waals surface area contributed by atoms with Gasteiger partial charge in [-0.05, 0) is 50.6 Å². The van der Waals surface area contributed by atoms with Gasteiger partial charge in [-0.3, -0.25) is 5.32 Å². The van der Waals surface area contributed by atoms with Crippen molar-refractivity contribution in [3.63, 3.8) is 0 Å². The molecule has 27 heavy (non-hydrogen) atoms. The smallest absolute Gasteiger partial charge is 0.174 e. The molecule has 0 radical (unpaired) electrons. The van der Waals surface area contributed by atoms with Gasteiger partial charge >= 0.3 is 0 Å². The summed E-state index contributed by atoms with van der Waals surface area (Å²) < 4.78 is 6.02. The first kappa shape index (κ1) is 17.5. The van der Waals surface area contributed by atoms with Crippen LogP contribution < -0.4 is 11.1 Å². The molecule has 1 atom stereocenters. The number of nitrogens with zero attached hydrogens (tertiary/aromatic N) is 1. The van der Waals surface area contributed by atoms with E-state index in [2.05, 4.69) is 60.3 Å². The van der Waals surface area contributed by atoms with E-state index in [-0.39, 0.29) is 6.17 Å². The van der Waals surface area contributed by atoms with Crippen LogP contribution in [-0.4, -0.2) is 16.0 Å². The second kappa shape index (κ2) is 7.02. The van der Waals surface area contributed by atoms with Gasteiger partial charge in [0.25, 0.3) is 0 Å². The van der Waals surface area contributed by atoms with Gasteiger partial charge in [0.1, 0.15) is 5.76 Å². The van der Waals surface area contributed by atoms with Crippen molar-refractivity contribution in [2.75, 3.05) is 0 Å². The van der Waals surface area contributed by atoms with Gasteiger partial charge in [-0.25, -0.2) is 4.98 Å². The molecule has 0 saturated heterocycles. The van der Waals surface area contributed by atoms with Crippen molar-refractivity contribution in [1.29, 1.82) is 0 Å². The molecule has 2 aromatic carbocycles. The Labute approximate surface area is 158 Å². The van der Waals surface area contributed by atoms with Crippen molar-refractivity contribution in [2.45, 2.75) is 33.0 Å². The zero-order valence-corrected chi connectivity index (χ0v) is 15.8.